The van der Waals surface area contributed by atoms with E-state index in [9.17, 15) is 4.79 Å². The first-order valence-electron chi connectivity index (χ1n) is 3.90. The average molecular weight is 166 g/mol. The topological polar surface area (TPSA) is 55.0 Å². The monoisotopic (exact) mass is 166 g/mol. The summed E-state index contributed by atoms with van der Waals surface area (Å²) in [7, 11) is 1.42. The highest BCUT2D eigenvalue weighted by Crippen LogP contribution is 2.24. The molecular weight excluding hydrogens is 156 g/mol. The Morgan fingerprint density at radius 1 is 1.75 bits per heavy atom. The lowest BCUT2D eigenvalue weighted by Crippen LogP contribution is -2.16. The predicted molar refractivity (Wildman–Crippen MR) is 41.5 cm³/mol. The molecule has 1 heterocycles. The first-order chi connectivity index (χ1) is 5.81. The zero-order chi connectivity index (χ0) is 8.55. The zero-order valence-corrected chi connectivity index (χ0v) is 6.83. The third-order valence-corrected chi connectivity index (χ3v) is 2.26. The Kier molecular flexibility index (Phi) is 1.60. The highest BCUT2D eigenvalue weighted by molar-refractivity contribution is 5.74. The van der Waals surface area contributed by atoms with Gasteiger partial charge in [-0.3, -0.25) is 9.89 Å². The van der Waals surface area contributed by atoms with Crippen molar-refractivity contribution in [3.63, 3.8) is 0 Å². The second-order valence-corrected chi connectivity index (χ2v) is 3.00. The molecule has 1 aliphatic rings. The van der Waals surface area contributed by atoms with Crippen molar-refractivity contribution < 1.29 is 9.53 Å². The number of nitrogens with one attached hydrogen (secondary N) is 1. The summed E-state index contributed by atoms with van der Waals surface area (Å²) in [5.41, 5.74) is 2.22. The van der Waals surface area contributed by atoms with E-state index in [0.717, 1.165) is 24.1 Å². The summed E-state index contributed by atoms with van der Waals surface area (Å²) >= 11 is 0. The van der Waals surface area contributed by atoms with Gasteiger partial charge in [0.15, 0.2) is 0 Å². The quantitative estimate of drug-likeness (QED) is 0.610. The molecule has 0 saturated carbocycles. The minimum absolute atomic E-state index is 0.000694. The van der Waals surface area contributed by atoms with E-state index in [1.807, 2.05) is 0 Å². The maximum Gasteiger partial charge on any atom is 0.309 e. The van der Waals surface area contributed by atoms with E-state index >= 15 is 0 Å². The van der Waals surface area contributed by atoms with Crippen molar-refractivity contribution in [1.82, 2.24) is 10.2 Å². The molecule has 1 atom stereocenters. The molecule has 4 nitrogen and oxygen atoms in total. The molecular formula is C8H10N2O2. The number of ether oxygens (including phenoxy) is 1. The van der Waals surface area contributed by atoms with Crippen LogP contribution in [0.5, 0.6) is 0 Å². The fourth-order valence-electron chi connectivity index (χ4n) is 1.61. The Hall–Kier alpha value is -1.32. The molecule has 1 aromatic heterocycles. The number of rotatable bonds is 1. The SMILES string of the molecule is COC(=O)[C@@H]1Cc2cn[nH]c2C1. The molecule has 0 radical (unpaired) electrons. The molecule has 12 heavy (non-hydrogen) atoms. The van der Waals surface area contributed by atoms with Crippen LogP contribution in [0.4, 0.5) is 0 Å². The lowest BCUT2D eigenvalue weighted by molar-refractivity contribution is -0.145. The minimum atomic E-state index is -0.125. The fraction of sp³-hybridized carbons (Fsp3) is 0.500. The Labute approximate surface area is 69.9 Å². The predicted octanol–water partition coefficient (Wildman–Crippen LogP) is 0.297. The average Bonchev–Trinajstić information content (AvgIpc) is 2.60. The van der Waals surface area contributed by atoms with Crippen LogP contribution in [0.15, 0.2) is 6.20 Å². The molecule has 0 saturated heterocycles. The molecule has 0 aliphatic heterocycles. The second-order valence-electron chi connectivity index (χ2n) is 3.00. The molecule has 1 aromatic rings. The highest BCUT2D eigenvalue weighted by atomic mass is 16.5. The van der Waals surface area contributed by atoms with Crippen LogP contribution < -0.4 is 0 Å². The molecule has 2 rings (SSSR count). The minimum Gasteiger partial charge on any atom is -0.469 e. The molecule has 0 aromatic carbocycles. The number of esters is 1. The van der Waals surface area contributed by atoms with Crippen LogP contribution in [0.2, 0.25) is 0 Å². The van der Waals surface area contributed by atoms with Crippen molar-refractivity contribution in [2.45, 2.75) is 12.8 Å². The van der Waals surface area contributed by atoms with Gasteiger partial charge in [0.25, 0.3) is 0 Å². The third-order valence-electron chi connectivity index (χ3n) is 2.26. The number of hydrogen-bond acceptors (Lipinski definition) is 3. The van der Waals surface area contributed by atoms with Crippen LogP contribution in [-0.4, -0.2) is 23.3 Å². The van der Waals surface area contributed by atoms with Crippen LogP contribution in [0, 0.1) is 5.92 Å². The Morgan fingerprint density at radius 3 is 3.25 bits per heavy atom. The number of methoxy groups -OCH3 is 1. The maximum absolute atomic E-state index is 11.1. The summed E-state index contributed by atoms with van der Waals surface area (Å²) in [6.07, 6.45) is 3.28. The first kappa shape index (κ1) is 7.34. The van der Waals surface area contributed by atoms with Gasteiger partial charge in [0.1, 0.15) is 0 Å². The van der Waals surface area contributed by atoms with Gasteiger partial charge in [-0.25, -0.2) is 0 Å². The van der Waals surface area contributed by atoms with Crippen molar-refractivity contribution in [1.29, 1.82) is 0 Å². The van der Waals surface area contributed by atoms with Crippen molar-refractivity contribution >= 4 is 5.97 Å². The van der Waals surface area contributed by atoms with Crippen molar-refractivity contribution in [2.24, 2.45) is 5.92 Å². The normalized spacial score (nSPS) is 20.6. The van der Waals surface area contributed by atoms with Gasteiger partial charge in [-0.1, -0.05) is 0 Å². The molecule has 64 valence electrons. The molecule has 0 bridgehead atoms. The van der Waals surface area contributed by atoms with Crippen molar-refractivity contribution in [3.8, 4) is 0 Å². The van der Waals surface area contributed by atoms with E-state index in [-0.39, 0.29) is 11.9 Å². The lowest BCUT2D eigenvalue weighted by atomic mass is 10.1. The van der Waals surface area contributed by atoms with E-state index in [4.69, 9.17) is 0 Å². The molecule has 1 aliphatic carbocycles. The van der Waals surface area contributed by atoms with E-state index < -0.39 is 0 Å². The number of aromatic nitrogens is 2. The number of nitrogens with zero attached hydrogens (tertiary/aromatic N) is 1. The Balaban J connectivity index is 2.12. The van der Waals surface area contributed by atoms with Gasteiger partial charge in [-0.2, -0.15) is 5.10 Å². The van der Waals surface area contributed by atoms with Crippen LogP contribution in [-0.2, 0) is 22.4 Å². The summed E-state index contributed by atoms with van der Waals surface area (Å²) in [5, 5.41) is 6.76. The maximum atomic E-state index is 11.1. The number of carbonyl (C=O) groups is 1. The van der Waals surface area contributed by atoms with Crippen LogP contribution in [0.3, 0.4) is 0 Å². The molecule has 1 N–H and O–H groups in total. The Bertz CT molecular complexity index is 285. The van der Waals surface area contributed by atoms with Gasteiger partial charge in [0, 0.05) is 12.1 Å². The molecule has 0 fully saturated rings. The summed E-state index contributed by atoms with van der Waals surface area (Å²) in [4.78, 5) is 11.1. The molecule has 4 heteroatoms. The van der Waals surface area contributed by atoms with Gasteiger partial charge in [0.2, 0.25) is 0 Å². The molecule has 0 spiro atoms. The first-order valence-corrected chi connectivity index (χ1v) is 3.90. The van der Waals surface area contributed by atoms with Crippen molar-refractivity contribution in [3.05, 3.63) is 17.5 Å². The summed E-state index contributed by atoms with van der Waals surface area (Å²) in [6, 6.07) is 0. The summed E-state index contributed by atoms with van der Waals surface area (Å²) < 4.78 is 4.66. The number of fused-ring (bicyclic) bond motifs is 1. The smallest absolute Gasteiger partial charge is 0.309 e. The summed E-state index contributed by atoms with van der Waals surface area (Å²) in [6.45, 7) is 0. The Morgan fingerprint density at radius 2 is 2.58 bits per heavy atom. The molecule has 0 unspecified atom stereocenters. The van der Waals surface area contributed by atoms with Gasteiger partial charge in [0.05, 0.1) is 19.2 Å². The van der Waals surface area contributed by atoms with Gasteiger partial charge in [-0.15, -0.1) is 0 Å². The summed E-state index contributed by atoms with van der Waals surface area (Å²) in [5.74, 6) is -0.126. The largest absolute Gasteiger partial charge is 0.469 e. The van der Waals surface area contributed by atoms with E-state index in [1.165, 1.54) is 7.11 Å². The highest BCUT2D eigenvalue weighted by Gasteiger charge is 2.29. The standard InChI is InChI=1S/C8H10N2O2/c1-12-8(11)5-2-6-4-9-10-7(6)3-5/h4-5H,2-3H2,1H3,(H,9,10)/t5-/m1/s1. The van der Waals surface area contributed by atoms with Crippen molar-refractivity contribution in [2.75, 3.05) is 7.11 Å². The van der Waals surface area contributed by atoms with Crippen LogP contribution >= 0.6 is 0 Å². The van der Waals surface area contributed by atoms with E-state index in [1.54, 1.807) is 6.20 Å². The zero-order valence-electron chi connectivity index (χ0n) is 6.83. The van der Waals surface area contributed by atoms with Gasteiger partial charge in [-0.05, 0) is 12.0 Å². The van der Waals surface area contributed by atoms with E-state index in [0.29, 0.717) is 0 Å². The van der Waals surface area contributed by atoms with Gasteiger partial charge >= 0.3 is 5.97 Å². The van der Waals surface area contributed by atoms with Crippen LogP contribution in [0.25, 0.3) is 0 Å². The molecule has 0 amide bonds. The van der Waals surface area contributed by atoms with E-state index in [2.05, 4.69) is 14.9 Å². The fourth-order valence-corrected chi connectivity index (χ4v) is 1.61. The third kappa shape index (κ3) is 0.995. The lowest BCUT2D eigenvalue weighted by Gasteiger charge is -2.04. The number of H-pyrrole nitrogens is 1. The number of aromatic amines is 1. The van der Waals surface area contributed by atoms with Crippen LogP contribution in [0.1, 0.15) is 11.3 Å². The number of carbonyl (C=O) groups excluding carboxylic acids is 1. The second kappa shape index (κ2) is 2.62. The van der Waals surface area contributed by atoms with Gasteiger partial charge < -0.3 is 4.74 Å². The number of hydrogen-bond donors (Lipinski definition) is 1.